The molecule has 1 aromatic rings. The molecule has 4 atom stereocenters. The second-order valence-electron chi connectivity index (χ2n) is 7.77. The molecule has 2 aliphatic rings. The lowest BCUT2D eigenvalue weighted by Crippen LogP contribution is -2.33. The van der Waals surface area contributed by atoms with Crippen LogP contribution in [0.5, 0.6) is 0 Å². The molecule has 0 spiro atoms. The predicted molar refractivity (Wildman–Crippen MR) is 102 cm³/mol. The van der Waals surface area contributed by atoms with Gasteiger partial charge in [-0.05, 0) is 94.1 Å². The lowest BCUT2D eigenvalue weighted by Gasteiger charge is -2.42. The molecule has 1 heteroatoms. The van der Waals surface area contributed by atoms with Gasteiger partial charge in [0.25, 0.3) is 0 Å². The normalized spacial score (nSPS) is 30.4. The van der Waals surface area contributed by atoms with Gasteiger partial charge >= 0.3 is 0 Å². The minimum Gasteiger partial charge on any atom is -0.378 e. The van der Waals surface area contributed by atoms with E-state index in [1.807, 2.05) is 0 Å². The van der Waals surface area contributed by atoms with E-state index in [1.54, 1.807) is 5.56 Å². The van der Waals surface area contributed by atoms with Crippen molar-refractivity contribution in [3.05, 3.63) is 47.5 Å². The van der Waals surface area contributed by atoms with E-state index in [-0.39, 0.29) is 0 Å². The maximum Gasteiger partial charge on any atom is 0.0577 e. The molecule has 0 aliphatic heterocycles. The second kappa shape index (κ2) is 8.85. The number of allylic oxidation sites excluding steroid dienone is 2. The first-order valence-corrected chi connectivity index (χ1v) is 10.1. The summed E-state index contributed by atoms with van der Waals surface area (Å²) < 4.78 is 5.89. The van der Waals surface area contributed by atoms with Crippen LogP contribution in [0.4, 0.5) is 0 Å². The summed E-state index contributed by atoms with van der Waals surface area (Å²) >= 11 is 0. The average molecular weight is 327 g/mol. The Balaban J connectivity index is 1.54. The summed E-state index contributed by atoms with van der Waals surface area (Å²) in [5, 5.41) is 0. The van der Waals surface area contributed by atoms with Crippen LogP contribution >= 0.6 is 0 Å². The molecule has 0 amide bonds. The van der Waals surface area contributed by atoms with Crippen LogP contribution in [0, 0.1) is 11.8 Å². The Kier molecular flexibility index (Phi) is 6.54. The number of aryl methyl sites for hydroxylation is 1. The van der Waals surface area contributed by atoms with Gasteiger partial charge in [0.1, 0.15) is 0 Å². The Hall–Kier alpha value is -1.08. The quantitative estimate of drug-likeness (QED) is 0.559. The predicted octanol–water partition coefficient (Wildman–Crippen LogP) is 6.28. The van der Waals surface area contributed by atoms with Crippen molar-refractivity contribution >= 4 is 0 Å². The summed E-state index contributed by atoms with van der Waals surface area (Å²) in [6, 6.07) is 9.53. The van der Waals surface area contributed by atoms with Gasteiger partial charge in [0, 0.05) is 6.61 Å². The molecule has 3 rings (SSSR count). The van der Waals surface area contributed by atoms with E-state index in [1.165, 1.54) is 50.5 Å². The Morgan fingerprint density at radius 3 is 2.50 bits per heavy atom. The molecule has 1 aromatic carbocycles. The Morgan fingerprint density at radius 2 is 1.75 bits per heavy atom. The molecule has 4 unspecified atom stereocenters. The molecule has 0 heterocycles. The molecule has 2 aliphatic carbocycles. The summed E-state index contributed by atoms with van der Waals surface area (Å²) in [6.45, 7) is 5.11. The third kappa shape index (κ3) is 4.51. The molecule has 0 saturated heterocycles. The van der Waals surface area contributed by atoms with E-state index in [0.29, 0.717) is 6.10 Å². The summed E-state index contributed by atoms with van der Waals surface area (Å²) in [6.07, 6.45) is 15.4. The third-order valence-electron chi connectivity index (χ3n) is 6.25. The van der Waals surface area contributed by atoms with Gasteiger partial charge in [0.2, 0.25) is 0 Å². The van der Waals surface area contributed by atoms with Gasteiger partial charge in [-0.15, -0.1) is 0 Å². The summed E-state index contributed by atoms with van der Waals surface area (Å²) in [4.78, 5) is 0. The zero-order valence-corrected chi connectivity index (χ0v) is 15.5. The molecule has 0 bridgehead atoms. The smallest absolute Gasteiger partial charge is 0.0577 e. The number of benzene rings is 1. The highest BCUT2D eigenvalue weighted by Crippen LogP contribution is 2.46. The fourth-order valence-electron chi connectivity index (χ4n) is 4.91. The van der Waals surface area contributed by atoms with Crippen molar-refractivity contribution in [3.63, 3.8) is 0 Å². The molecule has 0 aromatic heterocycles. The van der Waals surface area contributed by atoms with Crippen LogP contribution in [0.1, 0.15) is 75.8 Å². The first kappa shape index (κ1) is 17.7. The van der Waals surface area contributed by atoms with Crippen molar-refractivity contribution in [2.24, 2.45) is 11.8 Å². The molecule has 2 saturated carbocycles. The van der Waals surface area contributed by atoms with E-state index in [2.05, 4.69) is 50.3 Å². The van der Waals surface area contributed by atoms with Crippen molar-refractivity contribution in [2.75, 3.05) is 6.61 Å². The highest BCUT2D eigenvalue weighted by atomic mass is 16.5. The largest absolute Gasteiger partial charge is 0.378 e. The SMILES string of the molecule is C/C=C/CCc1ccc(C2CCC3CC(OCC)CCC3C2)cc1. The molecule has 24 heavy (non-hydrogen) atoms. The van der Waals surface area contributed by atoms with E-state index in [4.69, 9.17) is 4.74 Å². The second-order valence-corrected chi connectivity index (χ2v) is 7.77. The zero-order chi connectivity index (χ0) is 16.8. The van der Waals surface area contributed by atoms with Crippen LogP contribution in [-0.4, -0.2) is 12.7 Å². The minimum absolute atomic E-state index is 0.546. The zero-order valence-electron chi connectivity index (χ0n) is 15.5. The van der Waals surface area contributed by atoms with Gasteiger partial charge in [0.05, 0.1) is 6.10 Å². The van der Waals surface area contributed by atoms with E-state index in [0.717, 1.165) is 30.8 Å². The lowest BCUT2D eigenvalue weighted by atomic mass is 9.65. The van der Waals surface area contributed by atoms with Crippen molar-refractivity contribution in [1.29, 1.82) is 0 Å². The molecule has 1 nitrogen and oxygen atoms in total. The van der Waals surface area contributed by atoms with Crippen LogP contribution in [0.2, 0.25) is 0 Å². The van der Waals surface area contributed by atoms with E-state index < -0.39 is 0 Å². The van der Waals surface area contributed by atoms with Crippen LogP contribution in [0.3, 0.4) is 0 Å². The first-order chi connectivity index (χ1) is 11.8. The number of hydrogen-bond acceptors (Lipinski definition) is 1. The summed E-state index contributed by atoms with van der Waals surface area (Å²) in [5.74, 6) is 2.65. The number of ether oxygens (including phenoxy) is 1. The van der Waals surface area contributed by atoms with Gasteiger partial charge in [0.15, 0.2) is 0 Å². The standard InChI is InChI=1S/C23H34O/c1-3-5-6-7-18-8-10-19(11-9-18)20-12-13-22-17-23(24-4-2)15-14-21(22)16-20/h3,5,8-11,20-23H,4,6-7,12-17H2,1-2H3/b5-3+. The number of rotatable bonds is 6. The van der Waals surface area contributed by atoms with Crippen molar-refractivity contribution in [1.82, 2.24) is 0 Å². The van der Waals surface area contributed by atoms with Crippen LogP contribution in [0.15, 0.2) is 36.4 Å². The first-order valence-electron chi connectivity index (χ1n) is 10.1. The Bertz CT molecular complexity index is 515. The van der Waals surface area contributed by atoms with Gasteiger partial charge in [-0.3, -0.25) is 0 Å². The molecular weight excluding hydrogens is 292 g/mol. The van der Waals surface area contributed by atoms with Gasteiger partial charge in [-0.25, -0.2) is 0 Å². The topological polar surface area (TPSA) is 9.23 Å². The lowest BCUT2D eigenvalue weighted by molar-refractivity contribution is -0.00955. The molecular formula is C23H34O. The van der Waals surface area contributed by atoms with Gasteiger partial charge < -0.3 is 4.74 Å². The van der Waals surface area contributed by atoms with E-state index >= 15 is 0 Å². The maximum absolute atomic E-state index is 5.89. The van der Waals surface area contributed by atoms with Crippen molar-refractivity contribution < 1.29 is 4.74 Å². The molecule has 0 N–H and O–H groups in total. The highest BCUT2D eigenvalue weighted by molar-refractivity contribution is 5.26. The number of hydrogen-bond donors (Lipinski definition) is 0. The van der Waals surface area contributed by atoms with Gasteiger partial charge in [-0.1, -0.05) is 36.4 Å². The average Bonchev–Trinajstić information content (AvgIpc) is 2.62. The van der Waals surface area contributed by atoms with Crippen LogP contribution in [0.25, 0.3) is 0 Å². The van der Waals surface area contributed by atoms with E-state index in [9.17, 15) is 0 Å². The van der Waals surface area contributed by atoms with Crippen LogP contribution in [-0.2, 0) is 11.2 Å². The highest BCUT2D eigenvalue weighted by Gasteiger charge is 2.36. The Morgan fingerprint density at radius 1 is 1.00 bits per heavy atom. The van der Waals surface area contributed by atoms with Crippen molar-refractivity contribution in [3.8, 4) is 0 Å². The molecule has 0 radical (unpaired) electrons. The molecule has 132 valence electrons. The number of fused-ring (bicyclic) bond motifs is 1. The van der Waals surface area contributed by atoms with Crippen LogP contribution < -0.4 is 0 Å². The van der Waals surface area contributed by atoms with Gasteiger partial charge in [-0.2, -0.15) is 0 Å². The monoisotopic (exact) mass is 326 g/mol. The summed E-state index contributed by atoms with van der Waals surface area (Å²) in [7, 11) is 0. The fourth-order valence-corrected chi connectivity index (χ4v) is 4.91. The van der Waals surface area contributed by atoms with Crippen molar-refractivity contribution in [2.45, 2.75) is 77.2 Å². The Labute approximate surface area is 148 Å². The maximum atomic E-state index is 5.89. The fraction of sp³-hybridized carbons (Fsp3) is 0.652. The third-order valence-corrected chi connectivity index (χ3v) is 6.25. The molecule has 2 fully saturated rings. The minimum atomic E-state index is 0.546. The summed E-state index contributed by atoms with van der Waals surface area (Å²) in [5.41, 5.74) is 3.05.